The van der Waals surface area contributed by atoms with E-state index in [0.717, 1.165) is 23.1 Å². The number of piperidine rings is 1. The number of hydrogen-bond acceptors (Lipinski definition) is 3. The molecule has 2 aromatic rings. The van der Waals surface area contributed by atoms with Crippen molar-refractivity contribution < 1.29 is 19.4 Å². The molecule has 1 aromatic carbocycles. The molecule has 2 heterocycles. The van der Waals surface area contributed by atoms with Gasteiger partial charge in [0.1, 0.15) is 11.4 Å². The Morgan fingerprint density at radius 3 is 2.91 bits per heavy atom. The molecule has 1 fully saturated rings. The number of hydrogen-bond donors (Lipinski definition) is 2. The number of rotatable bonds is 3. The summed E-state index contributed by atoms with van der Waals surface area (Å²) in [5, 5.41) is 10.0. The number of carboxylic acid groups (broad SMARTS) is 1. The van der Waals surface area contributed by atoms with E-state index in [9.17, 15) is 9.59 Å². The smallest absolute Gasteiger partial charge is 0.308 e. The molecule has 0 bridgehead atoms. The van der Waals surface area contributed by atoms with Crippen LogP contribution in [0.25, 0.3) is 10.9 Å². The molecule has 6 heteroatoms. The van der Waals surface area contributed by atoms with Crippen LogP contribution in [0.1, 0.15) is 23.3 Å². The van der Waals surface area contributed by atoms with E-state index in [0.29, 0.717) is 18.7 Å². The highest BCUT2D eigenvalue weighted by Crippen LogP contribution is 2.24. The Balaban J connectivity index is 1.83. The highest BCUT2D eigenvalue weighted by atomic mass is 16.5. The summed E-state index contributed by atoms with van der Waals surface area (Å²) in [6.45, 7) is 0.869. The van der Waals surface area contributed by atoms with Gasteiger partial charge < -0.3 is 19.7 Å². The van der Waals surface area contributed by atoms with Crippen LogP contribution in [-0.2, 0) is 4.79 Å². The first kappa shape index (κ1) is 14.4. The zero-order valence-electron chi connectivity index (χ0n) is 12.3. The van der Waals surface area contributed by atoms with Gasteiger partial charge in [-0.05, 0) is 37.1 Å². The van der Waals surface area contributed by atoms with E-state index in [1.165, 1.54) is 0 Å². The lowest BCUT2D eigenvalue weighted by molar-refractivity contribution is -0.143. The number of carbonyl (C=O) groups excluding carboxylic acids is 1. The fourth-order valence-electron chi connectivity index (χ4n) is 2.89. The second-order valence-electron chi connectivity index (χ2n) is 5.56. The highest BCUT2D eigenvalue weighted by Gasteiger charge is 2.29. The van der Waals surface area contributed by atoms with Gasteiger partial charge in [0, 0.05) is 24.0 Å². The zero-order chi connectivity index (χ0) is 15.7. The lowest BCUT2D eigenvalue weighted by atomic mass is 9.98. The summed E-state index contributed by atoms with van der Waals surface area (Å²) in [5.74, 6) is -0.725. The van der Waals surface area contributed by atoms with Crippen molar-refractivity contribution in [3.05, 3.63) is 30.0 Å². The average Bonchev–Trinajstić information content (AvgIpc) is 2.97. The number of amides is 1. The first-order valence-electron chi connectivity index (χ1n) is 7.27. The minimum atomic E-state index is -0.834. The maximum Gasteiger partial charge on any atom is 0.308 e. The number of benzene rings is 1. The minimum absolute atomic E-state index is 0.152. The molecule has 1 amide bonds. The Kier molecular flexibility index (Phi) is 3.75. The van der Waals surface area contributed by atoms with Gasteiger partial charge in [0.25, 0.3) is 5.91 Å². The molecule has 1 aromatic heterocycles. The monoisotopic (exact) mass is 302 g/mol. The third-order valence-corrected chi connectivity index (χ3v) is 4.12. The Bertz CT molecular complexity index is 722. The number of ether oxygens (including phenoxy) is 1. The highest BCUT2D eigenvalue weighted by molar-refractivity contribution is 5.98. The van der Waals surface area contributed by atoms with Gasteiger partial charge in [-0.3, -0.25) is 9.59 Å². The summed E-state index contributed by atoms with van der Waals surface area (Å²) in [6.07, 6.45) is 1.35. The Morgan fingerprint density at radius 2 is 2.18 bits per heavy atom. The van der Waals surface area contributed by atoms with Gasteiger partial charge in [-0.2, -0.15) is 0 Å². The second kappa shape index (κ2) is 5.71. The van der Waals surface area contributed by atoms with Gasteiger partial charge in [-0.15, -0.1) is 0 Å². The molecule has 0 radical (unpaired) electrons. The van der Waals surface area contributed by atoms with Crippen LogP contribution >= 0.6 is 0 Å². The number of aromatic nitrogens is 1. The minimum Gasteiger partial charge on any atom is -0.497 e. The molecule has 0 saturated carbocycles. The van der Waals surface area contributed by atoms with Crippen LogP contribution in [0.4, 0.5) is 0 Å². The number of carboxylic acids is 1. The summed E-state index contributed by atoms with van der Waals surface area (Å²) in [7, 11) is 1.60. The summed E-state index contributed by atoms with van der Waals surface area (Å²) in [4.78, 5) is 28.4. The zero-order valence-corrected chi connectivity index (χ0v) is 12.3. The lowest BCUT2D eigenvalue weighted by Gasteiger charge is -2.30. The van der Waals surface area contributed by atoms with Gasteiger partial charge >= 0.3 is 5.97 Å². The molecule has 1 unspecified atom stereocenters. The summed E-state index contributed by atoms with van der Waals surface area (Å²) in [5.41, 5.74) is 1.34. The van der Waals surface area contributed by atoms with Crippen molar-refractivity contribution in [1.29, 1.82) is 0 Å². The summed E-state index contributed by atoms with van der Waals surface area (Å²) < 4.78 is 5.17. The molecule has 2 N–H and O–H groups in total. The van der Waals surface area contributed by atoms with Gasteiger partial charge in [0.15, 0.2) is 0 Å². The predicted octanol–water partition coefficient (Wildman–Crippen LogP) is 2.11. The molecule has 3 rings (SSSR count). The number of nitrogens with zero attached hydrogens (tertiary/aromatic N) is 1. The van der Waals surface area contributed by atoms with Gasteiger partial charge in [-0.25, -0.2) is 0 Å². The van der Waals surface area contributed by atoms with Crippen molar-refractivity contribution in [2.45, 2.75) is 12.8 Å². The Morgan fingerprint density at radius 1 is 1.36 bits per heavy atom. The van der Waals surface area contributed by atoms with Crippen molar-refractivity contribution in [3.8, 4) is 5.75 Å². The molecule has 1 aliphatic rings. The number of fused-ring (bicyclic) bond motifs is 1. The number of methoxy groups -OCH3 is 1. The summed E-state index contributed by atoms with van der Waals surface area (Å²) in [6, 6.07) is 7.33. The molecule has 1 atom stereocenters. The van der Waals surface area contributed by atoms with Crippen LogP contribution in [-0.4, -0.2) is 47.1 Å². The van der Waals surface area contributed by atoms with Crippen molar-refractivity contribution >= 4 is 22.8 Å². The Labute approximate surface area is 127 Å². The number of nitrogens with one attached hydrogen (secondary N) is 1. The normalized spacial score (nSPS) is 18.4. The van der Waals surface area contributed by atoms with Crippen LogP contribution in [0.3, 0.4) is 0 Å². The second-order valence-corrected chi connectivity index (χ2v) is 5.56. The molecule has 116 valence electrons. The molecular weight excluding hydrogens is 284 g/mol. The molecule has 1 saturated heterocycles. The van der Waals surface area contributed by atoms with E-state index >= 15 is 0 Å². The third kappa shape index (κ3) is 2.64. The van der Waals surface area contributed by atoms with E-state index in [4.69, 9.17) is 9.84 Å². The first-order chi connectivity index (χ1) is 10.6. The number of aliphatic carboxylic acids is 1. The molecule has 0 spiro atoms. The maximum absolute atomic E-state index is 12.6. The van der Waals surface area contributed by atoms with E-state index in [2.05, 4.69) is 4.98 Å². The summed E-state index contributed by atoms with van der Waals surface area (Å²) >= 11 is 0. The quantitative estimate of drug-likeness (QED) is 0.909. The molecular formula is C16H18N2O4. The number of carbonyl (C=O) groups is 2. The van der Waals surface area contributed by atoms with Gasteiger partial charge in [0.2, 0.25) is 0 Å². The van der Waals surface area contributed by atoms with Crippen LogP contribution in [0.5, 0.6) is 5.75 Å². The molecule has 1 aliphatic heterocycles. The molecule has 6 nitrogen and oxygen atoms in total. The largest absolute Gasteiger partial charge is 0.497 e. The lowest BCUT2D eigenvalue weighted by Crippen LogP contribution is -2.42. The number of H-pyrrole nitrogens is 1. The third-order valence-electron chi connectivity index (χ3n) is 4.12. The number of likely N-dealkylation sites (tertiary alicyclic amines) is 1. The van der Waals surface area contributed by atoms with E-state index in [-0.39, 0.29) is 12.5 Å². The fourth-order valence-corrected chi connectivity index (χ4v) is 2.89. The number of aromatic amines is 1. The van der Waals surface area contributed by atoms with Crippen LogP contribution in [0, 0.1) is 5.92 Å². The first-order valence-corrected chi connectivity index (χ1v) is 7.27. The topological polar surface area (TPSA) is 82.6 Å². The molecule has 22 heavy (non-hydrogen) atoms. The SMILES string of the molecule is COc1ccc2[nH]c(C(=O)N3CCCC(C(=O)O)C3)cc2c1. The van der Waals surface area contributed by atoms with Crippen molar-refractivity contribution in [2.24, 2.45) is 5.92 Å². The van der Waals surface area contributed by atoms with Crippen molar-refractivity contribution in [1.82, 2.24) is 9.88 Å². The standard InChI is InChI=1S/C16H18N2O4/c1-22-12-4-5-13-11(7-12)8-14(17-13)15(19)18-6-2-3-10(9-18)16(20)21/h4-5,7-8,10,17H,2-3,6,9H2,1H3,(H,20,21). The predicted molar refractivity (Wildman–Crippen MR) is 81.1 cm³/mol. The van der Waals surface area contributed by atoms with E-state index in [1.54, 1.807) is 18.1 Å². The van der Waals surface area contributed by atoms with Crippen molar-refractivity contribution in [3.63, 3.8) is 0 Å². The van der Waals surface area contributed by atoms with Gasteiger partial charge in [0.05, 0.1) is 13.0 Å². The maximum atomic E-state index is 12.6. The van der Waals surface area contributed by atoms with E-state index < -0.39 is 11.9 Å². The van der Waals surface area contributed by atoms with Crippen LogP contribution in [0.15, 0.2) is 24.3 Å². The molecule has 0 aliphatic carbocycles. The van der Waals surface area contributed by atoms with Crippen LogP contribution in [0.2, 0.25) is 0 Å². The van der Waals surface area contributed by atoms with E-state index in [1.807, 2.05) is 18.2 Å². The fraction of sp³-hybridized carbons (Fsp3) is 0.375. The Hall–Kier alpha value is -2.50. The average molecular weight is 302 g/mol. The van der Waals surface area contributed by atoms with Gasteiger partial charge in [-0.1, -0.05) is 0 Å². The van der Waals surface area contributed by atoms with Crippen LogP contribution < -0.4 is 4.74 Å². The van der Waals surface area contributed by atoms with Crippen molar-refractivity contribution in [2.75, 3.05) is 20.2 Å².